The van der Waals surface area contributed by atoms with Crippen LogP contribution in [-0.2, 0) is 12.8 Å². The minimum absolute atomic E-state index is 0.0942. The number of pyridine rings is 1. The van der Waals surface area contributed by atoms with Crippen molar-refractivity contribution in [3.05, 3.63) is 71.0 Å². The number of carbonyl (C=O) groups excluding carboxylic acids is 1. The van der Waals surface area contributed by atoms with Gasteiger partial charge in [0.05, 0.1) is 13.3 Å². The average molecular weight is 473 g/mol. The summed E-state index contributed by atoms with van der Waals surface area (Å²) < 4.78 is 11.2. The molecule has 5 rings (SSSR count). The van der Waals surface area contributed by atoms with E-state index < -0.39 is 0 Å². The minimum atomic E-state index is 0.0942. The van der Waals surface area contributed by atoms with Crippen molar-refractivity contribution in [2.45, 2.75) is 51.6 Å². The Bertz CT molecular complexity index is 1170. The summed E-state index contributed by atoms with van der Waals surface area (Å²) in [4.78, 5) is 19.4. The second-order valence-electron chi connectivity index (χ2n) is 9.58. The lowest BCUT2D eigenvalue weighted by molar-refractivity contribution is 0.0951. The fourth-order valence-electron chi connectivity index (χ4n) is 5.18. The number of aromatic nitrogens is 3. The van der Waals surface area contributed by atoms with Crippen LogP contribution in [0.15, 0.2) is 48.7 Å². The maximum Gasteiger partial charge on any atom is 0.213 e. The molecule has 182 valence electrons. The molecule has 2 aromatic heterocycles. The molecule has 0 N–H and O–H groups in total. The third-order valence-electron chi connectivity index (χ3n) is 7.13. The van der Waals surface area contributed by atoms with Crippen LogP contribution in [0.2, 0.25) is 0 Å². The summed E-state index contributed by atoms with van der Waals surface area (Å²) >= 11 is 0. The van der Waals surface area contributed by atoms with Crippen LogP contribution in [0.1, 0.15) is 52.9 Å². The molecule has 1 aliphatic heterocycles. The molecule has 0 spiro atoms. The Morgan fingerprint density at radius 1 is 1.06 bits per heavy atom. The first-order chi connectivity index (χ1) is 17.1. The smallest absolute Gasteiger partial charge is 0.213 e. The molecule has 1 aromatic carbocycles. The first-order valence-corrected chi connectivity index (χ1v) is 12.4. The van der Waals surface area contributed by atoms with Gasteiger partial charge in [0.15, 0.2) is 11.6 Å². The van der Waals surface area contributed by atoms with Gasteiger partial charge in [0.1, 0.15) is 17.5 Å². The lowest BCUT2D eigenvalue weighted by Crippen LogP contribution is -2.39. The Morgan fingerprint density at radius 3 is 2.57 bits per heavy atom. The average Bonchev–Trinajstić information content (AvgIpc) is 2.89. The molecule has 0 bridgehead atoms. The van der Waals surface area contributed by atoms with Gasteiger partial charge < -0.3 is 14.4 Å². The summed E-state index contributed by atoms with van der Waals surface area (Å²) in [6.45, 7) is 3.68. The number of Topliss-reactive ketones (excluding diaryl/α,β-unsaturated/α-hetero) is 1. The molecule has 0 radical (unpaired) electrons. The highest BCUT2D eigenvalue weighted by Crippen LogP contribution is 2.29. The molecule has 1 saturated heterocycles. The lowest BCUT2D eigenvalue weighted by Gasteiger charge is -2.33. The number of hydrogen-bond acceptors (Lipinski definition) is 7. The van der Waals surface area contributed by atoms with E-state index in [0.29, 0.717) is 23.9 Å². The van der Waals surface area contributed by atoms with Crippen LogP contribution in [0.5, 0.6) is 11.6 Å². The number of hydrogen-bond donors (Lipinski definition) is 0. The van der Waals surface area contributed by atoms with Crippen LogP contribution in [0, 0.1) is 12.8 Å². The summed E-state index contributed by atoms with van der Waals surface area (Å²) in [5.41, 5.74) is 4.28. The van der Waals surface area contributed by atoms with Crippen LogP contribution in [-0.4, -0.2) is 47.3 Å². The number of carbonyl (C=O) groups is 1. The maximum atomic E-state index is 13.0. The molecule has 1 atom stereocenters. The van der Waals surface area contributed by atoms with Gasteiger partial charge in [-0.15, -0.1) is 10.2 Å². The summed E-state index contributed by atoms with van der Waals surface area (Å²) in [5.74, 6) is 2.66. The van der Waals surface area contributed by atoms with E-state index in [9.17, 15) is 4.79 Å². The molecule has 3 heterocycles. The zero-order chi connectivity index (χ0) is 24.2. The number of ether oxygens (including phenoxy) is 2. The Balaban J connectivity index is 1.15. The van der Waals surface area contributed by atoms with Crippen LogP contribution in [0.25, 0.3) is 0 Å². The molecular weight excluding hydrogens is 440 g/mol. The fourth-order valence-corrected chi connectivity index (χ4v) is 5.18. The molecule has 1 aliphatic carbocycles. The number of methoxy groups -OCH3 is 1. The zero-order valence-corrected chi connectivity index (χ0v) is 20.4. The van der Waals surface area contributed by atoms with Gasteiger partial charge in [-0.1, -0.05) is 24.3 Å². The third-order valence-corrected chi connectivity index (χ3v) is 7.13. The predicted octanol–water partition coefficient (Wildman–Crippen LogP) is 4.61. The quantitative estimate of drug-likeness (QED) is 0.465. The lowest BCUT2D eigenvalue weighted by atomic mass is 9.81. The van der Waals surface area contributed by atoms with Gasteiger partial charge in [-0.05, 0) is 60.9 Å². The van der Waals surface area contributed by atoms with E-state index in [-0.39, 0.29) is 11.9 Å². The highest BCUT2D eigenvalue weighted by Gasteiger charge is 2.25. The highest BCUT2D eigenvalue weighted by molar-refractivity contribution is 5.94. The van der Waals surface area contributed by atoms with E-state index in [1.54, 1.807) is 19.4 Å². The molecule has 0 saturated carbocycles. The monoisotopic (exact) mass is 472 g/mol. The number of nitrogens with zero attached hydrogens (tertiary/aromatic N) is 4. The van der Waals surface area contributed by atoms with Gasteiger partial charge in [-0.3, -0.25) is 4.79 Å². The van der Waals surface area contributed by atoms with Gasteiger partial charge in [0, 0.05) is 38.4 Å². The van der Waals surface area contributed by atoms with Gasteiger partial charge in [-0.2, -0.15) is 0 Å². The minimum Gasteiger partial charge on any atom is -0.489 e. The van der Waals surface area contributed by atoms with Gasteiger partial charge in [0.2, 0.25) is 5.88 Å². The first-order valence-electron chi connectivity index (χ1n) is 12.4. The molecular formula is C28H32N4O3. The molecule has 7 nitrogen and oxygen atoms in total. The van der Waals surface area contributed by atoms with Crippen molar-refractivity contribution in [3.63, 3.8) is 0 Å². The van der Waals surface area contributed by atoms with E-state index >= 15 is 0 Å². The third kappa shape index (κ3) is 5.45. The Hall–Kier alpha value is -3.48. The van der Waals surface area contributed by atoms with Crippen molar-refractivity contribution in [2.75, 3.05) is 25.1 Å². The van der Waals surface area contributed by atoms with Crippen molar-refractivity contribution < 1.29 is 14.3 Å². The summed E-state index contributed by atoms with van der Waals surface area (Å²) in [5, 5.41) is 8.81. The second kappa shape index (κ2) is 10.4. The molecule has 2 aliphatic rings. The topological polar surface area (TPSA) is 77.4 Å². The summed E-state index contributed by atoms with van der Waals surface area (Å²) in [7, 11) is 1.60. The number of anilines is 1. The summed E-state index contributed by atoms with van der Waals surface area (Å²) in [6.07, 6.45) is 7.21. The first kappa shape index (κ1) is 23.3. The van der Waals surface area contributed by atoms with Crippen LogP contribution in [0.4, 0.5) is 5.82 Å². The number of benzene rings is 1. The summed E-state index contributed by atoms with van der Waals surface area (Å²) in [6, 6.07) is 14.2. The van der Waals surface area contributed by atoms with Crippen LogP contribution in [0.3, 0.4) is 0 Å². The van der Waals surface area contributed by atoms with E-state index in [1.807, 2.05) is 19.1 Å². The SMILES string of the molecule is COc1ccc(OC2CCN(c3nnc(C(=O)CC4CCc5ccccc5C4)cc3C)CC2)cn1. The molecule has 3 aromatic rings. The molecule has 35 heavy (non-hydrogen) atoms. The van der Waals surface area contributed by atoms with Crippen LogP contribution < -0.4 is 14.4 Å². The largest absolute Gasteiger partial charge is 0.489 e. The highest BCUT2D eigenvalue weighted by atomic mass is 16.5. The number of ketones is 1. The second-order valence-corrected chi connectivity index (χ2v) is 9.58. The van der Waals surface area contributed by atoms with Crippen molar-refractivity contribution in [1.82, 2.24) is 15.2 Å². The molecule has 7 heteroatoms. The van der Waals surface area contributed by atoms with Gasteiger partial charge >= 0.3 is 0 Å². The Kier molecular flexibility index (Phi) is 6.93. The van der Waals surface area contributed by atoms with E-state index in [2.05, 4.69) is 44.3 Å². The van der Waals surface area contributed by atoms with Crippen LogP contribution >= 0.6 is 0 Å². The van der Waals surface area contributed by atoms with E-state index in [0.717, 1.165) is 62.3 Å². The standard InChI is InChI=1S/C28H32N4O3/c1-19-15-25(26(33)17-20-7-8-21-5-3-4-6-22(21)16-20)30-31-28(19)32-13-11-23(12-14-32)35-24-9-10-27(34-2)29-18-24/h3-6,9-10,15,18,20,23H,7-8,11-14,16-17H2,1-2H3. The maximum absolute atomic E-state index is 13.0. The fraction of sp³-hybridized carbons (Fsp3) is 0.429. The number of rotatable bonds is 7. The van der Waals surface area contributed by atoms with Crippen molar-refractivity contribution in [2.24, 2.45) is 5.92 Å². The van der Waals surface area contributed by atoms with E-state index in [1.165, 1.54) is 11.1 Å². The molecule has 1 unspecified atom stereocenters. The predicted molar refractivity (Wildman–Crippen MR) is 134 cm³/mol. The molecule has 1 fully saturated rings. The zero-order valence-electron chi connectivity index (χ0n) is 20.4. The number of piperidine rings is 1. The van der Waals surface area contributed by atoms with Crippen molar-refractivity contribution in [3.8, 4) is 11.6 Å². The Morgan fingerprint density at radius 2 is 1.86 bits per heavy atom. The van der Waals surface area contributed by atoms with Crippen molar-refractivity contribution in [1.29, 1.82) is 0 Å². The van der Waals surface area contributed by atoms with Crippen molar-refractivity contribution >= 4 is 11.6 Å². The molecule has 0 amide bonds. The van der Waals surface area contributed by atoms with Gasteiger partial charge in [-0.25, -0.2) is 4.98 Å². The Labute approximate surface area is 206 Å². The van der Waals surface area contributed by atoms with E-state index in [4.69, 9.17) is 9.47 Å². The normalized spacial score (nSPS) is 18.1. The number of aryl methyl sites for hydroxylation is 2. The van der Waals surface area contributed by atoms with Gasteiger partial charge in [0.25, 0.3) is 0 Å². The number of fused-ring (bicyclic) bond motifs is 1.